The number of rotatable bonds is 3. The quantitative estimate of drug-likeness (QED) is 0.887. The number of nitrogens with one attached hydrogen (secondary N) is 1. The van der Waals surface area contributed by atoms with Crippen LogP contribution in [-0.4, -0.2) is 50.8 Å². The maximum Gasteiger partial charge on any atom is 0.219 e. The monoisotopic (exact) mass is 364 g/mol. The molecule has 2 aliphatic heterocycles. The largest absolute Gasteiger partial charge is 0.380 e. The predicted octanol–water partition coefficient (Wildman–Crippen LogP) is 1.70. The van der Waals surface area contributed by atoms with Gasteiger partial charge in [-0.1, -0.05) is 12.1 Å². The van der Waals surface area contributed by atoms with E-state index in [-0.39, 0.29) is 30.9 Å². The summed E-state index contributed by atoms with van der Waals surface area (Å²) in [5.41, 5.74) is 0.688. The Morgan fingerprint density at radius 2 is 2.17 bits per heavy atom. The molecule has 0 aliphatic carbocycles. The van der Waals surface area contributed by atoms with Crippen LogP contribution in [0.15, 0.2) is 24.3 Å². The summed E-state index contributed by atoms with van der Waals surface area (Å²) >= 11 is 0. The molecule has 0 aromatic heterocycles. The number of hydrogen-bond acceptors (Lipinski definition) is 4. The summed E-state index contributed by atoms with van der Waals surface area (Å²) in [7, 11) is -3.45. The van der Waals surface area contributed by atoms with E-state index in [0.717, 1.165) is 6.42 Å². The molecule has 8 heteroatoms. The van der Waals surface area contributed by atoms with Gasteiger partial charge < -0.3 is 10.1 Å². The normalized spacial score (nSPS) is 26.5. The van der Waals surface area contributed by atoms with Gasteiger partial charge in [0.1, 0.15) is 5.82 Å². The van der Waals surface area contributed by atoms with Crippen LogP contribution < -0.4 is 5.32 Å². The Kier molecular flexibility index (Phi) is 6.39. The van der Waals surface area contributed by atoms with Gasteiger partial charge in [-0.3, -0.25) is 0 Å². The van der Waals surface area contributed by atoms with E-state index in [0.29, 0.717) is 38.2 Å². The first-order valence-electron chi connectivity index (χ1n) is 7.63. The van der Waals surface area contributed by atoms with Crippen molar-refractivity contribution in [1.29, 1.82) is 0 Å². The van der Waals surface area contributed by atoms with Gasteiger partial charge in [0.15, 0.2) is 0 Å². The van der Waals surface area contributed by atoms with E-state index < -0.39 is 15.3 Å². The highest BCUT2D eigenvalue weighted by Crippen LogP contribution is 2.29. The van der Waals surface area contributed by atoms with Crippen LogP contribution in [0.4, 0.5) is 4.39 Å². The molecule has 2 fully saturated rings. The van der Waals surface area contributed by atoms with E-state index in [1.165, 1.54) is 16.4 Å². The summed E-state index contributed by atoms with van der Waals surface area (Å²) in [5, 5.41) is 2.71. The van der Waals surface area contributed by atoms with Crippen molar-refractivity contribution in [2.45, 2.75) is 24.1 Å². The molecule has 2 unspecified atom stereocenters. The molecule has 2 heterocycles. The number of nitrogens with zero attached hydrogens (tertiary/aromatic N) is 1. The maximum atomic E-state index is 13.5. The Labute approximate surface area is 142 Å². The van der Waals surface area contributed by atoms with Crippen molar-refractivity contribution < 1.29 is 17.5 Å². The molecule has 1 N–H and O–H groups in total. The van der Waals surface area contributed by atoms with Gasteiger partial charge in [0.2, 0.25) is 10.0 Å². The number of halogens is 2. The molecule has 5 nitrogen and oxygen atoms in total. The summed E-state index contributed by atoms with van der Waals surface area (Å²) in [6.45, 7) is 2.39. The van der Waals surface area contributed by atoms with Crippen LogP contribution in [0.2, 0.25) is 0 Å². The topological polar surface area (TPSA) is 58.6 Å². The third kappa shape index (κ3) is 4.03. The van der Waals surface area contributed by atoms with Gasteiger partial charge in [0.25, 0.3) is 0 Å². The van der Waals surface area contributed by atoms with Crippen molar-refractivity contribution in [3.63, 3.8) is 0 Å². The minimum atomic E-state index is -3.45. The second-order valence-corrected chi connectivity index (χ2v) is 7.94. The lowest BCUT2D eigenvalue weighted by molar-refractivity contribution is 0.0963. The molecular formula is C15H22ClFN2O3S. The zero-order chi connectivity index (χ0) is 15.6. The molecule has 0 spiro atoms. The van der Waals surface area contributed by atoms with E-state index in [1.807, 2.05) is 0 Å². The Balaban J connectivity index is 0.00000192. The van der Waals surface area contributed by atoms with E-state index in [9.17, 15) is 12.8 Å². The highest BCUT2D eigenvalue weighted by atomic mass is 35.5. The molecular weight excluding hydrogens is 343 g/mol. The van der Waals surface area contributed by atoms with Gasteiger partial charge >= 0.3 is 0 Å². The lowest BCUT2D eigenvalue weighted by Crippen LogP contribution is -2.52. The average Bonchev–Trinajstić information content (AvgIpc) is 2.56. The molecule has 23 heavy (non-hydrogen) atoms. The lowest BCUT2D eigenvalue weighted by atomic mass is 10.1. The van der Waals surface area contributed by atoms with E-state index in [1.54, 1.807) is 12.1 Å². The zero-order valence-corrected chi connectivity index (χ0v) is 14.4. The number of piperazine rings is 1. The van der Waals surface area contributed by atoms with Crippen LogP contribution in [0, 0.1) is 5.82 Å². The smallest absolute Gasteiger partial charge is 0.219 e. The Hall–Kier alpha value is -0.730. The van der Waals surface area contributed by atoms with Crippen molar-refractivity contribution >= 4 is 22.4 Å². The third-order valence-electron chi connectivity index (χ3n) is 4.29. The SMILES string of the molecule is Cl.O=S(=O)(C1CCCOC1)N1CCNCC1c1cccc(F)c1. The van der Waals surface area contributed by atoms with Gasteiger partial charge in [-0.2, -0.15) is 4.31 Å². The molecule has 130 valence electrons. The fraction of sp³-hybridized carbons (Fsp3) is 0.600. The number of sulfonamides is 1. The second kappa shape index (κ2) is 7.90. The van der Waals surface area contributed by atoms with Crippen molar-refractivity contribution in [2.75, 3.05) is 32.8 Å². The summed E-state index contributed by atoms with van der Waals surface area (Å²) in [5.74, 6) is -0.346. The van der Waals surface area contributed by atoms with Crippen LogP contribution in [-0.2, 0) is 14.8 Å². The molecule has 0 saturated carbocycles. The van der Waals surface area contributed by atoms with Crippen molar-refractivity contribution in [2.24, 2.45) is 0 Å². The van der Waals surface area contributed by atoms with Crippen molar-refractivity contribution in [3.8, 4) is 0 Å². The van der Waals surface area contributed by atoms with Crippen LogP contribution in [0.25, 0.3) is 0 Å². The molecule has 0 radical (unpaired) electrons. The number of hydrogen-bond donors (Lipinski definition) is 1. The molecule has 2 aliphatic rings. The highest BCUT2D eigenvalue weighted by molar-refractivity contribution is 7.89. The third-order valence-corrected chi connectivity index (χ3v) is 6.60. The Bertz CT molecular complexity index is 623. The van der Waals surface area contributed by atoms with Gasteiger partial charge in [0, 0.05) is 26.2 Å². The second-order valence-electron chi connectivity index (χ2n) is 5.77. The van der Waals surface area contributed by atoms with E-state index in [4.69, 9.17) is 4.74 Å². The van der Waals surface area contributed by atoms with Gasteiger partial charge in [-0.05, 0) is 30.5 Å². The fourth-order valence-electron chi connectivity index (χ4n) is 3.13. The molecule has 3 rings (SSSR count). The van der Waals surface area contributed by atoms with Gasteiger partial charge in [-0.15, -0.1) is 12.4 Å². The number of benzene rings is 1. The van der Waals surface area contributed by atoms with Crippen LogP contribution in [0.5, 0.6) is 0 Å². The maximum absolute atomic E-state index is 13.5. The number of ether oxygens (including phenoxy) is 1. The Morgan fingerprint density at radius 3 is 2.87 bits per heavy atom. The first-order chi connectivity index (χ1) is 10.6. The van der Waals surface area contributed by atoms with Crippen LogP contribution >= 0.6 is 12.4 Å². The first-order valence-corrected chi connectivity index (χ1v) is 9.14. The molecule has 2 saturated heterocycles. The fourth-order valence-corrected chi connectivity index (χ4v) is 5.14. The van der Waals surface area contributed by atoms with E-state index in [2.05, 4.69) is 5.32 Å². The standard InChI is InChI=1S/C15H21FN2O3S.ClH/c16-13-4-1-3-12(9-13)15-10-17-6-7-18(15)22(19,20)14-5-2-8-21-11-14;/h1,3-4,9,14-15,17H,2,5-8,10-11H2;1H. The molecule has 1 aromatic rings. The summed E-state index contributed by atoms with van der Waals surface area (Å²) in [6, 6.07) is 5.82. The Morgan fingerprint density at radius 1 is 1.35 bits per heavy atom. The van der Waals surface area contributed by atoms with Crippen LogP contribution in [0.1, 0.15) is 24.4 Å². The summed E-state index contributed by atoms with van der Waals surface area (Å²) in [4.78, 5) is 0. The van der Waals surface area contributed by atoms with Crippen molar-refractivity contribution in [3.05, 3.63) is 35.6 Å². The average molecular weight is 365 g/mol. The zero-order valence-electron chi connectivity index (χ0n) is 12.8. The van der Waals surface area contributed by atoms with Gasteiger partial charge in [-0.25, -0.2) is 12.8 Å². The molecule has 0 amide bonds. The van der Waals surface area contributed by atoms with Gasteiger partial charge in [0.05, 0.1) is 17.9 Å². The summed E-state index contributed by atoms with van der Waals surface area (Å²) < 4.78 is 46.2. The minimum Gasteiger partial charge on any atom is -0.380 e. The molecule has 1 aromatic carbocycles. The highest BCUT2D eigenvalue weighted by Gasteiger charge is 2.39. The predicted molar refractivity (Wildman–Crippen MR) is 88.7 cm³/mol. The first kappa shape index (κ1) is 18.6. The van der Waals surface area contributed by atoms with E-state index >= 15 is 0 Å². The minimum absolute atomic E-state index is 0. The van der Waals surface area contributed by atoms with Crippen molar-refractivity contribution in [1.82, 2.24) is 9.62 Å². The summed E-state index contributed by atoms with van der Waals surface area (Å²) in [6.07, 6.45) is 1.39. The molecule has 2 atom stereocenters. The molecule has 0 bridgehead atoms. The van der Waals surface area contributed by atoms with Crippen LogP contribution in [0.3, 0.4) is 0 Å². The lowest BCUT2D eigenvalue weighted by Gasteiger charge is -2.38.